The molecule has 0 aliphatic rings. The molecule has 1 rings (SSSR count). The molecule has 0 unspecified atom stereocenters. The van der Waals surface area contributed by atoms with Crippen molar-refractivity contribution in [2.45, 2.75) is 13.0 Å². The Bertz CT molecular complexity index is 349. The van der Waals surface area contributed by atoms with Crippen LogP contribution in [0.15, 0.2) is 18.2 Å². The van der Waals surface area contributed by atoms with E-state index in [1.54, 1.807) is 19.1 Å². The fraction of sp³-hybridized carbons (Fsp3) is 0.300. The summed E-state index contributed by atoms with van der Waals surface area (Å²) < 4.78 is 0. The molecule has 0 aliphatic heterocycles. The number of benzene rings is 1. The van der Waals surface area contributed by atoms with Gasteiger partial charge in [-0.1, -0.05) is 12.1 Å². The van der Waals surface area contributed by atoms with Gasteiger partial charge in [-0.25, -0.2) is 4.79 Å². The lowest BCUT2D eigenvalue weighted by Gasteiger charge is -2.13. The number of aliphatic hydroxyl groups excluding tert-OH is 1. The number of rotatable bonds is 3. The first-order valence-corrected chi connectivity index (χ1v) is 4.27. The van der Waals surface area contributed by atoms with Crippen molar-refractivity contribution in [3.8, 4) is 0 Å². The maximum absolute atomic E-state index is 10.8. The zero-order valence-electron chi connectivity index (χ0n) is 7.90. The topological polar surface area (TPSA) is 83.5 Å². The highest BCUT2D eigenvalue weighted by molar-refractivity contribution is 5.89. The van der Waals surface area contributed by atoms with Gasteiger partial charge in [-0.05, 0) is 24.1 Å². The van der Waals surface area contributed by atoms with E-state index in [9.17, 15) is 4.79 Å². The minimum absolute atomic E-state index is 0.191. The molecule has 14 heavy (non-hydrogen) atoms. The molecular formula is C10H13NO3. The molecule has 1 atom stereocenters. The van der Waals surface area contributed by atoms with Crippen molar-refractivity contribution in [2.24, 2.45) is 5.73 Å². The zero-order chi connectivity index (χ0) is 10.7. The molecule has 0 heterocycles. The second kappa shape index (κ2) is 4.21. The van der Waals surface area contributed by atoms with E-state index >= 15 is 0 Å². The lowest BCUT2D eigenvalue weighted by atomic mass is 9.98. The lowest BCUT2D eigenvalue weighted by molar-refractivity contribution is 0.0696. The number of hydrogen-bond donors (Lipinski definition) is 3. The Labute approximate surface area is 82.0 Å². The highest BCUT2D eigenvalue weighted by atomic mass is 16.4. The first-order chi connectivity index (χ1) is 6.57. The first-order valence-electron chi connectivity index (χ1n) is 4.27. The summed E-state index contributed by atoms with van der Waals surface area (Å²) in [6.07, 6.45) is 0. The molecule has 0 spiro atoms. The summed E-state index contributed by atoms with van der Waals surface area (Å²) in [6.45, 7) is 1.50. The highest BCUT2D eigenvalue weighted by Gasteiger charge is 2.13. The van der Waals surface area contributed by atoms with Gasteiger partial charge in [0.15, 0.2) is 0 Å². The Hall–Kier alpha value is -1.39. The smallest absolute Gasteiger partial charge is 0.335 e. The molecule has 0 bridgehead atoms. The third-order valence-corrected chi connectivity index (χ3v) is 2.20. The maximum Gasteiger partial charge on any atom is 0.335 e. The second-order valence-corrected chi connectivity index (χ2v) is 3.11. The third kappa shape index (κ3) is 1.92. The molecule has 1 aromatic rings. The fourth-order valence-corrected chi connectivity index (χ4v) is 1.39. The molecule has 0 radical (unpaired) electrons. The molecule has 4 nitrogen and oxygen atoms in total. The number of nitrogens with two attached hydrogens (primary N) is 1. The molecule has 4 heteroatoms. The van der Waals surface area contributed by atoms with Crippen LogP contribution in [0, 0.1) is 6.92 Å². The van der Waals surface area contributed by atoms with Crippen LogP contribution in [-0.4, -0.2) is 22.8 Å². The van der Waals surface area contributed by atoms with Gasteiger partial charge in [-0.15, -0.1) is 0 Å². The summed E-state index contributed by atoms with van der Waals surface area (Å²) in [4.78, 5) is 10.8. The summed E-state index contributed by atoms with van der Waals surface area (Å²) in [5, 5.41) is 17.7. The van der Waals surface area contributed by atoms with Crippen molar-refractivity contribution in [3.05, 3.63) is 34.9 Å². The number of carboxylic acid groups (broad SMARTS) is 1. The zero-order valence-corrected chi connectivity index (χ0v) is 7.90. The quantitative estimate of drug-likeness (QED) is 0.662. The van der Waals surface area contributed by atoms with Crippen molar-refractivity contribution in [2.75, 3.05) is 6.61 Å². The monoisotopic (exact) mass is 195 g/mol. The predicted octanol–water partition coefficient (Wildman–Crippen LogP) is 0.685. The van der Waals surface area contributed by atoms with Gasteiger partial charge in [-0.2, -0.15) is 0 Å². The van der Waals surface area contributed by atoms with Gasteiger partial charge >= 0.3 is 5.97 Å². The van der Waals surface area contributed by atoms with Gasteiger partial charge in [0.1, 0.15) is 0 Å². The van der Waals surface area contributed by atoms with E-state index in [0.717, 1.165) is 0 Å². The van der Waals surface area contributed by atoms with Crippen molar-refractivity contribution in [3.63, 3.8) is 0 Å². The molecule has 76 valence electrons. The largest absolute Gasteiger partial charge is 0.478 e. The summed E-state index contributed by atoms with van der Waals surface area (Å²) >= 11 is 0. The Morgan fingerprint density at radius 2 is 2.21 bits per heavy atom. The van der Waals surface area contributed by atoms with Crippen LogP contribution in [0.2, 0.25) is 0 Å². The minimum Gasteiger partial charge on any atom is -0.478 e. The van der Waals surface area contributed by atoms with E-state index in [2.05, 4.69) is 0 Å². The molecule has 0 saturated carbocycles. The maximum atomic E-state index is 10.8. The van der Waals surface area contributed by atoms with Crippen LogP contribution in [0.4, 0.5) is 0 Å². The number of aliphatic hydroxyl groups is 1. The Balaban J connectivity index is 3.20. The third-order valence-electron chi connectivity index (χ3n) is 2.20. The summed E-state index contributed by atoms with van der Waals surface area (Å²) in [5.74, 6) is -0.977. The average molecular weight is 195 g/mol. The molecule has 0 aromatic heterocycles. The van der Waals surface area contributed by atoms with Gasteiger partial charge in [0.2, 0.25) is 0 Å². The van der Waals surface area contributed by atoms with E-state index in [1.165, 1.54) is 6.07 Å². The van der Waals surface area contributed by atoms with Crippen molar-refractivity contribution < 1.29 is 15.0 Å². The average Bonchev–Trinajstić information content (AvgIpc) is 2.16. The van der Waals surface area contributed by atoms with Crippen LogP contribution < -0.4 is 5.73 Å². The number of hydrogen-bond acceptors (Lipinski definition) is 3. The summed E-state index contributed by atoms with van der Waals surface area (Å²) in [5.41, 5.74) is 7.14. The normalized spacial score (nSPS) is 12.5. The van der Waals surface area contributed by atoms with Gasteiger partial charge in [0.05, 0.1) is 18.2 Å². The second-order valence-electron chi connectivity index (χ2n) is 3.11. The highest BCUT2D eigenvalue weighted by Crippen LogP contribution is 2.18. The molecule has 0 fully saturated rings. The van der Waals surface area contributed by atoms with E-state index in [0.29, 0.717) is 11.1 Å². The molecule has 0 aliphatic carbocycles. The van der Waals surface area contributed by atoms with E-state index in [1.807, 2.05) is 0 Å². The fourth-order valence-electron chi connectivity index (χ4n) is 1.39. The van der Waals surface area contributed by atoms with Crippen molar-refractivity contribution >= 4 is 5.97 Å². The predicted molar refractivity (Wildman–Crippen MR) is 52.2 cm³/mol. The van der Waals surface area contributed by atoms with Crippen LogP contribution in [-0.2, 0) is 0 Å². The van der Waals surface area contributed by atoms with Crippen molar-refractivity contribution in [1.82, 2.24) is 0 Å². The molecule has 0 saturated heterocycles. The van der Waals surface area contributed by atoms with E-state index in [-0.39, 0.29) is 12.2 Å². The van der Waals surface area contributed by atoms with Gasteiger partial charge in [0.25, 0.3) is 0 Å². The summed E-state index contributed by atoms with van der Waals surface area (Å²) in [6, 6.07) is 4.35. The standard InChI is InChI=1S/C10H13NO3/c1-6-7(9(11)5-12)3-2-4-8(6)10(13)14/h2-4,9,12H,5,11H2,1H3,(H,13,14)/t9-/m1/s1. The summed E-state index contributed by atoms with van der Waals surface area (Å²) in [7, 11) is 0. The van der Waals surface area contributed by atoms with Crippen molar-refractivity contribution in [1.29, 1.82) is 0 Å². The molecule has 4 N–H and O–H groups in total. The number of carbonyl (C=O) groups is 1. The number of aromatic carboxylic acids is 1. The Kier molecular flexibility index (Phi) is 3.22. The van der Waals surface area contributed by atoms with Crippen LogP contribution >= 0.6 is 0 Å². The first kappa shape index (κ1) is 10.7. The van der Waals surface area contributed by atoms with E-state index in [4.69, 9.17) is 15.9 Å². The molecule has 0 amide bonds. The van der Waals surface area contributed by atoms with Gasteiger partial charge < -0.3 is 15.9 Å². The van der Waals surface area contributed by atoms with Crippen LogP contribution in [0.5, 0.6) is 0 Å². The minimum atomic E-state index is -0.977. The van der Waals surface area contributed by atoms with Gasteiger partial charge in [0, 0.05) is 0 Å². The Morgan fingerprint density at radius 3 is 2.71 bits per heavy atom. The van der Waals surface area contributed by atoms with Crippen LogP contribution in [0.3, 0.4) is 0 Å². The SMILES string of the molecule is Cc1c(C(=O)O)cccc1[C@H](N)CO. The lowest BCUT2D eigenvalue weighted by Crippen LogP contribution is -2.17. The van der Waals surface area contributed by atoms with Crippen LogP contribution in [0.1, 0.15) is 27.5 Å². The van der Waals surface area contributed by atoms with Gasteiger partial charge in [-0.3, -0.25) is 0 Å². The number of carboxylic acids is 1. The Morgan fingerprint density at radius 1 is 1.57 bits per heavy atom. The molecule has 1 aromatic carbocycles. The van der Waals surface area contributed by atoms with Crippen LogP contribution in [0.25, 0.3) is 0 Å². The molecular weight excluding hydrogens is 182 g/mol. The van der Waals surface area contributed by atoms with E-state index < -0.39 is 12.0 Å².